The van der Waals surface area contributed by atoms with E-state index in [2.05, 4.69) is 25.9 Å². The van der Waals surface area contributed by atoms with Crippen molar-refractivity contribution in [2.75, 3.05) is 18.4 Å². The van der Waals surface area contributed by atoms with Crippen LogP contribution in [0.4, 0.5) is 5.13 Å². The van der Waals surface area contributed by atoms with Gasteiger partial charge in [-0.2, -0.15) is 0 Å². The van der Waals surface area contributed by atoms with Crippen LogP contribution >= 0.6 is 11.3 Å². The van der Waals surface area contributed by atoms with Gasteiger partial charge in [-0.25, -0.2) is 9.67 Å². The lowest BCUT2D eigenvalue weighted by Gasteiger charge is -2.23. The van der Waals surface area contributed by atoms with Crippen LogP contribution in [0, 0.1) is 20.8 Å². The molecule has 3 aromatic rings. The van der Waals surface area contributed by atoms with Gasteiger partial charge < -0.3 is 9.73 Å². The summed E-state index contributed by atoms with van der Waals surface area (Å²) in [6.45, 7) is 7.62. The van der Waals surface area contributed by atoms with Crippen molar-refractivity contribution in [3.63, 3.8) is 0 Å². The Hall–Kier alpha value is -2.52. The molecule has 0 saturated carbocycles. The lowest BCUT2D eigenvalue weighted by Crippen LogP contribution is -2.30. The molecule has 0 aliphatic carbocycles. The molecule has 1 aliphatic rings. The number of aromatic nitrogens is 4. The van der Waals surface area contributed by atoms with Crippen molar-refractivity contribution in [2.45, 2.75) is 39.7 Å². The molecule has 1 amide bonds. The third-order valence-corrected chi connectivity index (χ3v) is 5.60. The Bertz CT molecular complexity index is 967. The number of aryl methyl sites for hydroxylation is 2. The van der Waals surface area contributed by atoms with E-state index in [1.807, 2.05) is 36.9 Å². The van der Waals surface area contributed by atoms with Crippen LogP contribution in [0.2, 0.25) is 0 Å². The highest BCUT2D eigenvalue weighted by Gasteiger charge is 2.23. The molecule has 3 aromatic heterocycles. The number of hydrogen-bond acceptors (Lipinski definition) is 7. The van der Waals surface area contributed by atoms with E-state index in [0.717, 1.165) is 54.4 Å². The van der Waals surface area contributed by atoms with Gasteiger partial charge in [0.05, 0.1) is 17.4 Å². The molecule has 1 fully saturated rings. The molecule has 0 unspecified atom stereocenters. The van der Waals surface area contributed by atoms with Crippen LogP contribution in [0.3, 0.4) is 0 Å². The number of piperidine rings is 1. The Morgan fingerprint density at radius 3 is 2.81 bits per heavy atom. The largest absolute Gasteiger partial charge is 0.466 e. The summed E-state index contributed by atoms with van der Waals surface area (Å²) in [4.78, 5) is 17.2. The van der Waals surface area contributed by atoms with Gasteiger partial charge in [-0.3, -0.25) is 10.1 Å². The first-order valence-electron chi connectivity index (χ1n) is 8.99. The van der Waals surface area contributed by atoms with Crippen LogP contribution in [0.25, 0.3) is 11.3 Å². The number of amides is 1. The summed E-state index contributed by atoms with van der Waals surface area (Å²) in [6, 6.07) is 2.24. The first-order valence-corrected chi connectivity index (χ1v) is 9.87. The van der Waals surface area contributed by atoms with Gasteiger partial charge in [0.15, 0.2) is 10.8 Å². The molecule has 4 heterocycles. The normalized spacial score (nSPS) is 15.2. The monoisotopic (exact) mass is 386 g/mol. The predicted molar refractivity (Wildman–Crippen MR) is 103 cm³/mol. The highest BCUT2D eigenvalue weighted by atomic mass is 32.1. The van der Waals surface area contributed by atoms with Crippen LogP contribution in [0.15, 0.2) is 15.9 Å². The van der Waals surface area contributed by atoms with Crippen LogP contribution in [-0.2, 0) is 0 Å². The SMILES string of the molecule is Cc1cc(-c2csc(NC(=O)c3nnn(C4CCNCC4)c3C)n2)c(C)o1. The molecule has 142 valence electrons. The Morgan fingerprint density at radius 2 is 2.11 bits per heavy atom. The second kappa shape index (κ2) is 7.24. The van der Waals surface area contributed by atoms with E-state index >= 15 is 0 Å². The number of nitrogens with zero attached hydrogens (tertiary/aromatic N) is 4. The zero-order valence-electron chi connectivity index (χ0n) is 15.6. The Morgan fingerprint density at radius 1 is 1.33 bits per heavy atom. The van der Waals surface area contributed by atoms with E-state index in [0.29, 0.717) is 16.9 Å². The molecule has 2 N–H and O–H groups in total. The molecule has 0 bridgehead atoms. The summed E-state index contributed by atoms with van der Waals surface area (Å²) in [5, 5.41) is 16.9. The number of furan rings is 1. The molecule has 0 spiro atoms. The van der Waals surface area contributed by atoms with Gasteiger partial charge in [-0.05, 0) is 52.8 Å². The van der Waals surface area contributed by atoms with E-state index in [4.69, 9.17) is 4.42 Å². The molecule has 1 saturated heterocycles. The Balaban J connectivity index is 1.50. The van der Waals surface area contributed by atoms with E-state index in [1.165, 1.54) is 11.3 Å². The van der Waals surface area contributed by atoms with Crippen molar-refractivity contribution in [2.24, 2.45) is 0 Å². The van der Waals surface area contributed by atoms with Gasteiger partial charge in [-0.1, -0.05) is 5.21 Å². The summed E-state index contributed by atoms with van der Waals surface area (Å²) in [6.07, 6.45) is 1.98. The number of hydrogen-bond donors (Lipinski definition) is 2. The lowest BCUT2D eigenvalue weighted by molar-refractivity contribution is 0.102. The first kappa shape index (κ1) is 17.9. The molecule has 9 heteroatoms. The summed E-state index contributed by atoms with van der Waals surface area (Å²) in [5.41, 5.74) is 2.87. The van der Waals surface area contributed by atoms with Gasteiger partial charge in [0.25, 0.3) is 5.91 Å². The molecular formula is C18H22N6O2S. The highest BCUT2D eigenvalue weighted by molar-refractivity contribution is 7.14. The topological polar surface area (TPSA) is 97.9 Å². The van der Waals surface area contributed by atoms with Gasteiger partial charge in [-0.15, -0.1) is 16.4 Å². The first-order chi connectivity index (χ1) is 13.0. The maximum Gasteiger partial charge on any atom is 0.279 e. The molecular weight excluding hydrogens is 364 g/mol. The van der Waals surface area contributed by atoms with Gasteiger partial charge in [0.2, 0.25) is 0 Å². The number of carbonyl (C=O) groups is 1. The average Bonchev–Trinajstić information content (AvgIpc) is 3.34. The Labute approximate surface area is 161 Å². The lowest BCUT2D eigenvalue weighted by atomic mass is 10.1. The van der Waals surface area contributed by atoms with Crippen molar-refractivity contribution in [1.29, 1.82) is 0 Å². The highest BCUT2D eigenvalue weighted by Crippen LogP contribution is 2.30. The van der Waals surface area contributed by atoms with Gasteiger partial charge >= 0.3 is 0 Å². The number of rotatable bonds is 4. The fourth-order valence-electron chi connectivity index (χ4n) is 3.45. The van der Waals surface area contributed by atoms with E-state index in [1.54, 1.807) is 0 Å². The van der Waals surface area contributed by atoms with Crippen molar-refractivity contribution < 1.29 is 9.21 Å². The van der Waals surface area contributed by atoms with Crippen molar-refractivity contribution in [3.8, 4) is 11.3 Å². The smallest absolute Gasteiger partial charge is 0.279 e. The average molecular weight is 386 g/mol. The number of thiazole rings is 1. The summed E-state index contributed by atoms with van der Waals surface area (Å²) in [5.74, 6) is 1.37. The Kier molecular flexibility index (Phi) is 4.79. The fraction of sp³-hybridized carbons (Fsp3) is 0.444. The van der Waals surface area contributed by atoms with Gasteiger partial charge in [0.1, 0.15) is 11.5 Å². The van der Waals surface area contributed by atoms with Crippen molar-refractivity contribution in [1.82, 2.24) is 25.3 Å². The second-order valence-corrected chi connectivity index (χ2v) is 7.63. The number of carbonyl (C=O) groups excluding carboxylic acids is 1. The van der Waals surface area contributed by atoms with Gasteiger partial charge in [0, 0.05) is 10.9 Å². The summed E-state index contributed by atoms with van der Waals surface area (Å²) in [7, 11) is 0. The van der Waals surface area contributed by atoms with Crippen molar-refractivity contribution >= 4 is 22.4 Å². The van der Waals surface area contributed by atoms with E-state index in [-0.39, 0.29) is 5.91 Å². The van der Waals surface area contributed by atoms with E-state index < -0.39 is 0 Å². The maximum absolute atomic E-state index is 12.7. The third-order valence-electron chi connectivity index (χ3n) is 4.84. The molecule has 0 radical (unpaired) electrons. The molecule has 27 heavy (non-hydrogen) atoms. The molecule has 0 atom stereocenters. The van der Waals surface area contributed by atoms with Crippen molar-refractivity contribution in [3.05, 3.63) is 34.4 Å². The zero-order chi connectivity index (χ0) is 19.0. The molecule has 4 rings (SSSR count). The molecule has 8 nitrogen and oxygen atoms in total. The standard InChI is InChI=1S/C18H22N6O2S/c1-10-8-14(12(3)26-10)15-9-27-18(20-15)21-17(25)16-11(2)24(23-22-16)13-4-6-19-7-5-13/h8-9,13,19H,4-7H2,1-3H3,(H,20,21,25). The van der Waals surface area contributed by atoms with Crippen LogP contribution in [-0.4, -0.2) is 39.0 Å². The summed E-state index contributed by atoms with van der Waals surface area (Å²) < 4.78 is 7.43. The van der Waals surface area contributed by atoms with Crippen LogP contribution in [0.5, 0.6) is 0 Å². The fourth-order valence-corrected chi connectivity index (χ4v) is 4.15. The van der Waals surface area contributed by atoms with Crippen LogP contribution < -0.4 is 10.6 Å². The summed E-state index contributed by atoms with van der Waals surface area (Å²) >= 11 is 1.38. The number of anilines is 1. The minimum Gasteiger partial charge on any atom is -0.466 e. The minimum atomic E-state index is -0.284. The zero-order valence-corrected chi connectivity index (χ0v) is 16.4. The third kappa shape index (κ3) is 3.52. The maximum atomic E-state index is 12.7. The molecule has 1 aliphatic heterocycles. The van der Waals surface area contributed by atoms with E-state index in [9.17, 15) is 4.79 Å². The second-order valence-electron chi connectivity index (χ2n) is 6.77. The molecule has 0 aromatic carbocycles. The predicted octanol–water partition coefficient (Wildman–Crippen LogP) is 3.10. The number of nitrogens with one attached hydrogen (secondary N) is 2. The van der Waals surface area contributed by atoms with Crippen LogP contribution in [0.1, 0.15) is 46.6 Å². The minimum absolute atomic E-state index is 0.284. The quantitative estimate of drug-likeness (QED) is 0.715.